The molecule has 0 saturated carbocycles. The normalized spacial score (nSPS) is 18.8. The second kappa shape index (κ2) is 15.7. The zero-order valence-corrected chi connectivity index (χ0v) is 25.7. The molecule has 2 fully saturated rings. The molecule has 2 saturated heterocycles. The molecular weight excluding hydrogens is 648 g/mol. The van der Waals surface area contributed by atoms with Crippen molar-refractivity contribution in [2.75, 3.05) is 51.3 Å². The topological polar surface area (TPSA) is 150 Å². The predicted molar refractivity (Wildman–Crippen MR) is 160 cm³/mol. The SMILES string of the molecule is COCSC1C(NC(=O)COc2ccccc2)C(=O)N1/C(C(=O)OCc1ccc([N+](=O)[O-])cc1)=C(/CBr)N1CCOCC1. The number of nitrogens with one attached hydrogen (secondary N) is 1. The molecule has 230 valence electrons. The molecule has 2 atom stereocenters. The van der Waals surface area contributed by atoms with Crippen LogP contribution in [0.3, 0.4) is 0 Å². The van der Waals surface area contributed by atoms with E-state index in [4.69, 9.17) is 18.9 Å². The number of benzene rings is 2. The second-order valence-corrected chi connectivity index (χ2v) is 11.0. The Bertz CT molecular complexity index is 1320. The van der Waals surface area contributed by atoms with E-state index < -0.39 is 34.1 Å². The summed E-state index contributed by atoms with van der Waals surface area (Å²) in [5.74, 6) is -1.04. The van der Waals surface area contributed by atoms with Crippen LogP contribution in [0.2, 0.25) is 0 Å². The Labute approximate surface area is 260 Å². The number of esters is 1. The van der Waals surface area contributed by atoms with Crippen LogP contribution in [0.4, 0.5) is 5.69 Å². The Morgan fingerprint density at radius 2 is 1.84 bits per heavy atom. The minimum Gasteiger partial charge on any atom is -0.484 e. The molecule has 2 unspecified atom stereocenters. The largest absolute Gasteiger partial charge is 0.484 e. The molecule has 43 heavy (non-hydrogen) atoms. The molecule has 15 heteroatoms. The third-order valence-electron chi connectivity index (χ3n) is 6.57. The number of rotatable bonds is 14. The van der Waals surface area contributed by atoms with E-state index in [1.54, 1.807) is 24.3 Å². The van der Waals surface area contributed by atoms with E-state index >= 15 is 0 Å². The molecule has 0 spiro atoms. The highest BCUT2D eigenvalue weighted by Crippen LogP contribution is 2.36. The third kappa shape index (κ3) is 8.25. The maximum atomic E-state index is 13.7. The number of para-hydroxylation sites is 1. The average molecular weight is 680 g/mol. The summed E-state index contributed by atoms with van der Waals surface area (Å²) in [5.41, 5.74) is 1.01. The summed E-state index contributed by atoms with van der Waals surface area (Å²) in [5, 5.41) is 13.3. The Morgan fingerprint density at radius 1 is 1.14 bits per heavy atom. The summed E-state index contributed by atoms with van der Waals surface area (Å²) in [6.07, 6.45) is 0. The van der Waals surface area contributed by atoms with Crippen molar-refractivity contribution in [1.82, 2.24) is 15.1 Å². The van der Waals surface area contributed by atoms with Gasteiger partial charge in [0.05, 0.1) is 29.8 Å². The number of morpholine rings is 1. The van der Waals surface area contributed by atoms with Crippen molar-refractivity contribution >= 4 is 51.2 Å². The smallest absolute Gasteiger partial charge is 0.357 e. The number of nitrogens with zero attached hydrogens (tertiary/aromatic N) is 3. The van der Waals surface area contributed by atoms with Crippen LogP contribution < -0.4 is 10.1 Å². The fourth-order valence-corrected chi connectivity index (χ4v) is 6.07. The van der Waals surface area contributed by atoms with Crippen LogP contribution in [-0.4, -0.2) is 95.2 Å². The van der Waals surface area contributed by atoms with Gasteiger partial charge in [-0.15, -0.1) is 11.8 Å². The molecule has 13 nitrogen and oxygen atoms in total. The molecule has 1 N–H and O–H groups in total. The summed E-state index contributed by atoms with van der Waals surface area (Å²) in [6, 6.07) is 13.5. The fourth-order valence-electron chi connectivity index (χ4n) is 4.44. The number of carbonyl (C=O) groups is 3. The number of nitro benzene ring substituents is 1. The van der Waals surface area contributed by atoms with Crippen molar-refractivity contribution < 1.29 is 38.3 Å². The van der Waals surface area contributed by atoms with Crippen LogP contribution in [0.1, 0.15) is 5.56 Å². The minimum absolute atomic E-state index is 0.0327. The van der Waals surface area contributed by atoms with Gasteiger partial charge in [0, 0.05) is 37.7 Å². The first-order valence-corrected chi connectivity index (χ1v) is 15.4. The molecule has 0 bridgehead atoms. The van der Waals surface area contributed by atoms with Crippen molar-refractivity contribution in [3.05, 3.63) is 81.7 Å². The Hall–Kier alpha value is -3.66. The van der Waals surface area contributed by atoms with E-state index in [1.165, 1.54) is 48.0 Å². The summed E-state index contributed by atoms with van der Waals surface area (Å²) < 4.78 is 21.9. The zero-order valence-electron chi connectivity index (χ0n) is 23.3. The van der Waals surface area contributed by atoms with Crippen molar-refractivity contribution in [2.24, 2.45) is 0 Å². The number of halogens is 1. The van der Waals surface area contributed by atoms with Crippen molar-refractivity contribution in [2.45, 2.75) is 18.0 Å². The minimum atomic E-state index is -0.939. The standard InChI is InChI=1S/C28H31BrN4O9S/c1-39-18-43-27-24(30-23(34)17-41-21-5-3-2-4-6-21)26(35)32(27)25(22(15-29)31-11-13-40-14-12-31)28(36)42-16-19-7-9-20(10-8-19)33(37)38/h2-10,24,27H,11-18H2,1H3,(H,30,34)/b25-22-. The van der Waals surface area contributed by atoms with Gasteiger partial charge in [-0.1, -0.05) is 34.1 Å². The summed E-state index contributed by atoms with van der Waals surface area (Å²) >= 11 is 4.72. The fraction of sp³-hybridized carbons (Fsp3) is 0.393. The number of thioether (sulfide) groups is 1. The highest BCUT2D eigenvalue weighted by molar-refractivity contribution is 9.09. The maximum Gasteiger partial charge on any atom is 0.357 e. The van der Waals surface area contributed by atoms with Gasteiger partial charge >= 0.3 is 5.97 Å². The van der Waals surface area contributed by atoms with Crippen LogP contribution in [0.25, 0.3) is 0 Å². The molecule has 2 heterocycles. The number of hydrogen-bond donors (Lipinski definition) is 1. The van der Waals surface area contributed by atoms with Crippen molar-refractivity contribution in [1.29, 1.82) is 0 Å². The first-order chi connectivity index (χ1) is 20.8. The monoisotopic (exact) mass is 678 g/mol. The quantitative estimate of drug-likeness (QED) is 0.0598. The number of likely N-dealkylation sites (tertiary alicyclic amines) is 1. The van der Waals surface area contributed by atoms with Gasteiger partial charge in [0.2, 0.25) is 0 Å². The highest BCUT2D eigenvalue weighted by Gasteiger charge is 2.53. The molecule has 2 amide bonds. The van der Waals surface area contributed by atoms with Crippen LogP contribution in [-0.2, 0) is 35.2 Å². The number of hydrogen-bond acceptors (Lipinski definition) is 11. The van der Waals surface area contributed by atoms with Crippen LogP contribution >= 0.6 is 27.7 Å². The molecular formula is C28H31BrN4O9S. The van der Waals surface area contributed by atoms with Gasteiger partial charge in [-0.3, -0.25) is 24.6 Å². The molecule has 4 rings (SSSR count). The lowest BCUT2D eigenvalue weighted by Crippen LogP contribution is -2.70. The summed E-state index contributed by atoms with van der Waals surface area (Å²) in [7, 11) is 1.51. The second-order valence-electron chi connectivity index (χ2n) is 9.35. The van der Waals surface area contributed by atoms with Crippen LogP contribution in [0.5, 0.6) is 5.75 Å². The predicted octanol–water partition coefficient (Wildman–Crippen LogP) is 2.65. The van der Waals surface area contributed by atoms with E-state index in [2.05, 4.69) is 21.2 Å². The molecule has 0 aliphatic carbocycles. The Kier molecular flexibility index (Phi) is 11.8. The molecule has 2 aliphatic rings. The van der Waals surface area contributed by atoms with Crippen LogP contribution in [0, 0.1) is 10.1 Å². The highest BCUT2D eigenvalue weighted by atomic mass is 79.9. The van der Waals surface area contributed by atoms with Crippen LogP contribution in [0.15, 0.2) is 66.0 Å². The van der Waals surface area contributed by atoms with E-state index in [9.17, 15) is 24.5 Å². The number of methoxy groups -OCH3 is 1. The van der Waals surface area contributed by atoms with Gasteiger partial charge in [0.25, 0.3) is 17.5 Å². The van der Waals surface area contributed by atoms with Gasteiger partial charge in [-0.05, 0) is 29.8 Å². The number of alkyl halides is 1. The summed E-state index contributed by atoms with van der Waals surface area (Å²) in [4.78, 5) is 53.8. The van der Waals surface area contributed by atoms with E-state index in [0.29, 0.717) is 43.3 Å². The van der Waals surface area contributed by atoms with Crippen molar-refractivity contribution in [3.8, 4) is 5.75 Å². The molecule has 2 aliphatic heterocycles. The van der Waals surface area contributed by atoms with E-state index in [1.807, 2.05) is 11.0 Å². The number of carbonyl (C=O) groups excluding carboxylic acids is 3. The first-order valence-electron chi connectivity index (χ1n) is 13.3. The van der Waals surface area contributed by atoms with Crippen molar-refractivity contribution in [3.63, 3.8) is 0 Å². The lowest BCUT2D eigenvalue weighted by atomic mass is 10.0. The zero-order chi connectivity index (χ0) is 30.8. The lowest BCUT2D eigenvalue weighted by molar-refractivity contribution is -0.384. The number of non-ortho nitro benzene ring substituents is 1. The maximum absolute atomic E-state index is 13.7. The first kappa shape index (κ1) is 32.3. The van der Waals surface area contributed by atoms with Gasteiger partial charge in [0.1, 0.15) is 23.8 Å². The molecule has 0 radical (unpaired) electrons. The number of nitro groups is 1. The molecule has 2 aromatic rings. The molecule has 0 aromatic heterocycles. The number of amides is 2. The Morgan fingerprint density at radius 3 is 2.47 bits per heavy atom. The molecule has 2 aromatic carbocycles. The average Bonchev–Trinajstić information content (AvgIpc) is 3.04. The summed E-state index contributed by atoms with van der Waals surface area (Å²) in [6.45, 7) is 1.41. The number of allylic oxidation sites excluding steroid dienone is 1. The Balaban J connectivity index is 1.56. The lowest BCUT2D eigenvalue weighted by Gasteiger charge is -2.47. The van der Waals surface area contributed by atoms with Gasteiger partial charge < -0.3 is 29.2 Å². The van der Waals surface area contributed by atoms with E-state index in [0.717, 1.165) is 0 Å². The van der Waals surface area contributed by atoms with Gasteiger partial charge in [-0.25, -0.2) is 4.79 Å². The van der Waals surface area contributed by atoms with E-state index in [-0.39, 0.29) is 35.9 Å². The number of β-lactam (4-membered cyclic amide) rings is 1. The number of ether oxygens (including phenoxy) is 4. The van der Waals surface area contributed by atoms with Gasteiger partial charge in [-0.2, -0.15) is 0 Å². The third-order valence-corrected chi connectivity index (χ3v) is 8.30. The van der Waals surface area contributed by atoms with Gasteiger partial charge in [0.15, 0.2) is 12.3 Å².